The molecule has 1 aliphatic rings. The van der Waals surface area contributed by atoms with E-state index in [1.54, 1.807) is 7.11 Å². The lowest BCUT2D eigenvalue weighted by Gasteiger charge is -2.50. The summed E-state index contributed by atoms with van der Waals surface area (Å²) in [7, 11) is 1.68. The quantitative estimate of drug-likeness (QED) is 0.196. The molecule has 0 spiro atoms. The highest BCUT2D eigenvalue weighted by molar-refractivity contribution is 6.18. The molecule has 0 bridgehead atoms. The highest BCUT2D eigenvalue weighted by atomic mass is 16.7. The lowest BCUT2D eigenvalue weighted by molar-refractivity contribution is -0.0919. The molecule has 0 fully saturated rings. The van der Waals surface area contributed by atoms with E-state index in [1.807, 2.05) is 0 Å². The minimum absolute atomic E-state index is 0.146. The van der Waals surface area contributed by atoms with Crippen molar-refractivity contribution in [3.63, 3.8) is 0 Å². The van der Waals surface area contributed by atoms with Gasteiger partial charge in [0.25, 0.3) is 0 Å². The van der Waals surface area contributed by atoms with E-state index < -0.39 is 5.60 Å². The van der Waals surface area contributed by atoms with Gasteiger partial charge >= 0.3 is 0 Å². The molecule has 6 rings (SSSR count). The van der Waals surface area contributed by atoms with Crippen LogP contribution in [0.4, 0.5) is 0 Å². The van der Waals surface area contributed by atoms with Crippen LogP contribution < -0.4 is 0 Å². The Balaban J connectivity index is 1.82. The summed E-state index contributed by atoms with van der Waals surface area (Å²) < 4.78 is 12.5. The Hall–Kier alpha value is -4.50. The van der Waals surface area contributed by atoms with Crippen LogP contribution in [0, 0.1) is 0 Å². The SMILES string of the molecule is COCO[C@]1(c2ccccc2)C(=C(c2ccccc2)c2ccccc2)C(c2ccccc2)=C1c1ccccc1. The topological polar surface area (TPSA) is 18.5 Å². The number of rotatable bonds is 8. The van der Waals surface area contributed by atoms with E-state index in [1.165, 1.54) is 5.57 Å². The molecular weight excluding hydrogens is 476 g/mol. The molecular formula is C37H30O2. The van der Waals surface area contributed by atoms with Gasteiger partial charge in [-0.2, -0.15) is 0 Å². The van der Waals surface area contributed by atoms with Crippen molar-refractivity contribution in [2.24, 2.45) is 0 Å². The molecule has 5 aromatic carbocycles. The molecule has 0 N–H and O–H groups in total. The Kier molecular flexibility index (Phi) is 7.05. The maximum Gasteiger partial charge on any atom is 0.149 e. The van der Waals surface area contributed by atoms with Crippen LogP contribution in [-0.2, 0) is 15.1 Å². The molecule has 1 atom stereocenters. The predicted octanol–water partition coefficient (Wildman–Crippen LogP) is 8.63. The first kappa shape index (κ1) is 24.8. The molecule has 0 aromatic heterocycles. The number of ether oxygens (including phenoxy) is 2. The van der Waals surface area contributed by atoms with Crippen molar-refractivity contribution in [2.75, 3.05) is 13.9 Å². The van der Waals surface area contributed by atoms with Gasteiger partial charge in [-0.1, -0.05) is 152 Å². The second-order valence-electron chi connectivity index (χ2n) is 9.56. The van der Waals surface area contributed by atoms with Crippen molar-refractivity contribution in [2.45, 2.75) is 5.60 Å². The van der Waals surface area contributed by atoms with Gasteiger partial charge in [-0.15, -0.1) is 0 Å². The zero-order valence-electron chi connectivity index (χ0n) is 22.0. The van der Waals surface area contributed by atoms with Gasteiger partial charge < -0.3 is 9.47 Å². The van der Waals surface area contributed by atoms with E-state index >= 15 is 0 Å². The molecule has 0 amide bonds. The van der Waals surface area contributed by atoms with Crippen molar-refractivity contribution >= 4 is 16.7 Å². The normalized spacial score (nSPS) is 16.6. The molecule has 2 heteroatoms. The van der Waals surface area contributed by atoms with Crippen LogP contribution in [0.15, 0.2) is 157 Å². The van der Waals surface area contributed by atoms with Gasteiger partial charge in [0.05, 0.1) is 0 Å². The Morgan fingerprint density at radius 2 is 0.974 bits per heavy atom. The van der Waals surface area contributed by atoms with Gasteiger partial charge in [0, 0.05) is 18.3 Å². The summed E-state index contributed by atoms with van der Waals surface area (Å²) >= 11 is 0. The molecule has 1 aliphatic carbocycles. The average molecular weight is 507 g/mol. The van der Waals surface area contributed by atoms with Crippen LogP contribution in [0.1, 0.15) is 27.8 Å². The Bertz CT molecular complexity index is 1550. The summed E-state index contributed by atoms with van der Waals surface area (Å²) in [5.74, 6) is 0. The first-order chi connectivity index (χ1) is 19.3. The van der Waals surface area contributed by atoms with E-state index in [4.69, 9.17) is 9.47 Å². The highest BCUT2D eigenvalue weighted by Crippen LogP contribution is 2.64. The number of hydrogen-bond donors (Lipinski definition) is 0. The molecule has 190 valence electrons. The third-order valence-electron chi connectivity index (χ3n) is 7.28. The lowest BCUT2D eigenvalue weighted by atomic mass is 9.58. The number of methoxy groups -OCH3 is 1. The Morgan fingerprint density at radius 3 is 1.46 bits per heavy atom. The summed E-state index contributed by atoms with van der Waals surface area (Å²) in [5.41, 5.74) is 9.37. The average Bonchev–Trinajstić information content (AvgIpc) is 3.01. The van der Waals surface area contributed by atoms with Crippen LogP contribution >= 0.6 is 0 Å². The van der Waals surface area contributed by atoms with Crippen molar-refractivity contribution in [1.29, 1.82) is 0 Å². The van der Waals surface area contributed by atoms with Crippen LogP contribution in [0.25, 0.3) is 16.7 Å². The fourth-order valence-electron chi connectivity index (χ4n) is 5.69. The monoisotopic (exact) mass is 506 g/mol. The zero-order chi connectivity index (χ0) is 26.5. The van der Waals surface area contributed by atoms with Gasteiger partial charge in [-0.25, -0.2) is 0 Å². The van der Waals surface area contributed by atoms with E-state index in [0.29, 0.717) is 0 Å². The molecule has 0 radical (unpaired) electrons. The fraction of sp³-hybridized carbons (Fsp3) is 0.0811. The molecule has 0 saturated carbocycles. The molecule has 2 nitrogen and oxygen atoms in total. The maximum absolute atomic E-state index is 6.92. The van der Waals surface area contributed by atoms with E-state index in [2.05, 4.69) is 152 Å². The Labute approximate surface area is 230 Å². The largest absolute Gasteiger partial charge is 0.359 e. The molecule has 0 aliphatic heterocycles. The summed E-state index contributed by atoms with van der Waals surface area (Å²) in [5, 5.41) is 0. The first-order valence-corrected chi connectivity index (χ1v) is 13.2. The third-order valence-corrected chi connectivity index (χ3v) is 7.28. The van der Waals surface area contributed by atoms with Gasteiger partial charge in [0.15, 0.2) is 0 Å². The van der Waals surface area contributed by atoms with Gasteiger partial charge in [-0.05, 0) is 39.0 Å². The molecule has 5 aromatic rings. The fourth-order valence-corrected chi connectivity index (χ4v) is 5.69. The number of hydrogen-bond acceptors (Lipinski definition) is 2. The van der Waals surface area contributed by atoms with Crippen LogP contribution in [-0.4, -0.2) is 13.9 Å². The molecule has 39 heavy (non-hydrogen) atoms. The van der Waals surface area contributed by atoms with Crippen LogP contribution in [0.2, 0.25) is 0 Å². The second-order valence-corrected chi connectivity index (χ2v) is 9.56. The van der Waals surface area contributed by atoms with Crippen molar-refractivity contribution in [3.05, 3.63) is 185 Å². The van der Waals surface area contributed by atoms with Gasteiger partial charge in [-0.3, -0.25) is 0 Å². The van der Waals surface area contributed by atoms with Crippen molar-refractivity contribution < 1.29 is 9.47 Å². The van der Waals surface area contributed by atoms with Crippen LogP contribution in [0.3, 0.4) is 0 Å². The zero-order valence-corrected chi connectivity index (χ0v) is 22.0. The molecule has 0 unspecified atom stereocenters. The predicted molar refractivity (Wildman–Crippen MR) is 160 cm³/mol. The van der Waals surface area contributed by atoms with Crippen molar-refractivity contribution in [3.8, 4) is 0 Å². The smallest absolute Gasteiger partial charge is 0.149 e. The van der Waals surface area contributed by atoms with E-state index in [-0.39, 0.29) is 6.79 Å². The van der Waals surface area contributed by atoms with Crippen molar-refractivity contribution in [1.82, 2.24) is 0 Å². The lowest BCUT2D eigenvalue weighted by Crippen LogP contribution is -2.43. The third kappa shape index (κ3) is 4.44. The first-order valence-electron chi connectivity index (χ1n) is 13.2. The summed E-state index contributed by atoms with van der Waals surface area (Å²) in [4.78, 5) is 0. The van der Waals surface area contributed by atoms with Crippen LogP contribution in [0.5, 0.6) is 0 Å². The van der Waals surface area contributed by atoms with E-state index in [9.17, 15) is 0 Å². The standard InChI is InChI=1S/C37H30O2/c1-38-27-39-37(32-25-15-6-16-26-32)35(31-23-13-5-14-24-31)34(30-21-11-4-12-22-30)36(37)33(28-17-7-2-8-18-28)29-19-9-3-10-20-29/h2-26H,27H2,1H3/t37-/m0/s1. The highest BCUT2D eigenvalue weighted by Gasteiger charge is 2.54. The second kappa shape index (κ2) is 11.1. The molecule has 0 heterocycles. The summed E-state index contributed by atoms with van der Waals surface area (Å²) in [6.45, 7) is 0.146. The van der Waals surface area contributed by atoms with Gasteiger partial charge in [0.2, 0.25) is 0 Å². The minimum Gasteiger partial charge on any atom is -0.359 e. The maximum atomic E-state index is 6.92. The number of benzene rings is 5. The summed E-state index contributed by atoms with van der Waals surface area (Å²) in [6.07, 6.45) is 0. The van der Waals surface area contributed by atoms with E-state index in [0.717, 1.165) is 44.5 Å². The minimum atomic E-state index is -0.856. The molecule has 0 saturated heterocycles. The Morgan fingerprint density at radius 1 is 0.538 bits per heavy atom. The summed E-state index contributed by atoms with van der Waals surface area (Å²) in [6, 6.07) is 53.0. The van der Waals surface area contributed by atoms with Gasteiger partial charge in [0.1, 0.15) is 12.4 Å².